The van der Waals surface area contributed by atoms with E-state index in [0.717, 1.165) is 38.5 Å². The summed E-state index contributed by atoms with van der Waals surface area (Å²) in [5.74, 6) is 6.16. The van der Waals surface area contributed by atoms with Gasteiger partial charge in [0, 0.05) is 32.7 Å². The molecule has 0 aromatic carbocycles. The van der Waals surface area contributed by atoms with E-state index in [1.807, 2.05) is 0 Å². The number of nitrogens with one attached hydrogen (secondary N) is 1. The molecule has 0 unspecified atom stereocenters. The van der Waals surface area contributed by atoms with Gasteiger partial charge in [0.1, 0.15) is 11.5 Å². The van der Waals surface area contributed by atoms with Gasteiger partial charge in [0.25, 0.3) is 5.91 Å². The van der Waals surface area contributed by atoms with Crippen LogP contribution in [0, 0.1) is 6.92 Å². The first-order chi connectivity index (χ1) is 9.63. The first-order valence-electron chi connectivity index (χ1n) is 6.80. The summed E-state index contributed by atoms with van der Waals surface area (Å²) in [7, 11) is 0. The Balaban J connectivity index is 1.90. The van der Waals surface area contributed by atoms with Crippen LogP contribution >= 0.6 is 0 Å². The number of aliphatic hydroxyl groups is 1. The maximum atomic E-state index is 11.5. The van der Waals surface area contributed by atoms with E-state index in [1.54, 1.807) is 13.0 Å². The van der Waals surface area contributed by atoms with Gasteiger partial charge in [0.05, 0.1) is 18.7 Å². The van der Waals surface area contributed by atoms with E-state index in [4.69, 9.17) is 15.4 Å². The predicted octanol–water partition coefficient (Wildman–Crippen LogP) is -0.699. The highest BCUT2D eigenvalue weighted by Gasteiger charge is 2.19. The summed E-state index contributed by atoms with van der Waals surface area (Å²) in [5, 5.41) is 8.91. The van der Waals surface area contributed by atoms with Crippen LogP contribution in [0.5, 0.6) is 0 Å². The molecule has 0 radical (unpaired) electrons. The molecule has 0 atom stereocenters. The van der Waals surface area contributed by atoms with Crippen molar-refractivity contribution < 1.29 is 14.3 Å². The maximum Gasteiger partial charge on any atom is 0.268 e. The normalized spacial score (nSPS) is 17.4. The minimum absolute atomic E-state index is 0.203. The molecule has 4 N–H and O–H groups in total. The number of nitrogens with two attached hydrogens (primary N) is 1. The molecule has 1 amide bonds. The number of β-amino-alcohol motifs (C(OH)–C–C–N with tert-alkyl or cyclic N) is 1. The molecule has 0 saturated carbocycles. The number of nitrogens with zero attached hydrogens (tertiary/aromatic N) is 2. The quantitative estimate of drug-likeness (QED) is 0.376. The molecule has 7 heteroatoms. The third-order valence-electron chi connectivity index (χ3n) is 3.61. The van der Waals surface area contributed by atoms with E-state index < -0.39 is 0 Å². The molecule has 2 rings (SSSR count). The number of amides is 1. The van der Waals surface area contributed by atoms with Crippen molar-refractivity contribution in [3.8, 4) is 0 Å². The van der Waals surface area contributed by atoms with E-state index in [-0.39, 0.29) is 12.5 Å². The Morgan fingerprint density at radius 3 is 2.65 bits per heavy atom. The fourth-order valence-corrected chi connectivity index (χ4v) is 2.46. The number of piperazine rings is 1. The SMILES string of the molecule is Cc1oc(CN2CCN(CCO)CC2)cc1C(=O)NN. The Bertz CT molecular complexity index is 452. The first kappa shape index (κ1) is 15.0. The number of aliphatic hydroxyl groups excluding tert-OH is 1. The van der Waals surface area contributed by atoms with Gasteiger partial charge < -0.3 is 9.52 Å². The van der Waals surface area contributed by atoms with Crippen molar-refractivity contribution in [3.63, 3.8) is 0 Å². The van der Waals surface area contributed by atoms with Gasteiger partial charge in [0.15, 0.2) is 0 Å². The summed E-state index contributed by atoms with van der Waals surface area (Å²) >= 11 is 0. The van der Waals surface area contributed by atoms with Gasteiger partial charge in [-0.05, 0) is 13.0 Å². The van der Waals surface area contributed by atoms with Gasteiger partial charge in [-0.2, -0.15) is 0 Å². The number of hydrazine groups is 1. The lowest BCUT2D eigenvalue weighted by molar-refractivity contribution is 0.0952. The zero-order chi connectivity index (χ0) is 14.5. The molecule has 2 heterocycles. The molecule has 112 valence electrons. The second-order valence-electron chi connectivity index (χ2n) is 5.00. The average molecular weight is 282 g/mol. The molecule has 1 aliphatic heterocycles. The Hall–Kier alpha value is -1.41. The minimum atomic E-state index is -0.328. The van der Waals surface area contributed by atoms with E-state index >= 15 is 0 Å². The number of hydrogen-bond donors (Lipinski definition) is 3. The molecule has 1 aliphatic rings. The Kier molecular flexibility index (Phi) is 5.13. The zero-order valence-electron chi connectivity index (χ0n) is 11.8. The monoisotopic (exact) mass is 282 g/mol. The summed E-state index contributed by atoms with van der Waals surface area (Å²) < 4.78 is 5.60. The lowest BCUT2D eigenvalue weighted by Gasteiger charge is -2.33. The van der Waals surface area contributed by atoms with Gasteiger partial charge in [-0.15, -0.1) is 0 Å². The van der Waals surface area contributed by atoms with E-state index in [1.165, 1.54) is 0 Å². The lowest BCUT2D eigenvalue weighted by Crippen LogP contribution is -2.46. The summed E-state index contributed by atoms with van der Waals surface area (Å²) in [6.07, 6.45) is 0. The third kappa shape index (κ3) is 3.57. The molecule has 7 nitrogen and oxygen atoms in total. The topological polar surface area (TPSA) is 95.0 Å². The van der Waals surface area contributed by atoms with Crippen molar-refractivity contribution in [1.82, 2.24) is 15.2 Å². The van der Waals surface area contributed by atoms with Gasteiger partial charge in [-0.25, -0.2) is 5.84 Å². The summed E-state index contributed by atoms with van der Waals surface area (Å²) in [6, 6.07) is 1.75. The van der Waals surface area contributed by atoms with Gasteiger partial charge >= 0.3 is 0 Å². The van der Waals surface area contributed by atoms with Crippen LogP contribution < -0.4 is 11.3 Å². The molecule has 1 aromatic rings. The summed E-state index contributed by atoms with van der Waals surface area (Å²) in [6.45, 7) is 7.12. The number of rotatable bonds is 5. The molecule has 0 bridgehead atoms. The van der Waals surface area contributed by atoms with Crippen LogP contribution in [-0.4, -0.2) is 60.1 Å². The van der Waals surface area contributed by atoms with E-state index in [2.05, 4.69) is 15.2 Å². The van der Waals surface area contributed by atoms with Crippen molar-refractivity contribution in [3.05, 3.63) is 23.2 Å². The maximum absolute atomic E-state index is 11.5. The van der Waals surface area contributed by atoms with Crippen LogP contribution in [0.15, 0.2) is 10.5 Å². The van der Waals surface area contributed by atoms with Gasteiger partial charge in [-0.3, -0.25) is 20.0 Å². The van der Waals surface area contributed by atoms with Crippen LogP contribution in [0.3, 0.4) is 0 Å². The minimum Gasteiger partial charge on any atom is -0.464 e. The van der Waals surface area contributed by atoms with Crippen molar-refractivity contribution in [2.45, 2.75) is 13.5 Å². The molecule has 1 aromatic heterocycles. The van der Waals surface area contributed by atoms with Crippen LogP contribution in [0.4, 0.5) is 0 Å². The largest absolute Gasteiger partial charge is 0.464 e. The van der Waals surface area contributed by atoms with Crippen LogP contribution in [0.25, 0.3) is 0 Å². The molecule has 1 fully saturated rings. The number of aryl methyl sites for hydroxylation is 1. The average Bonchev–Trinajstić information content (AvgIpc) is 2.81. The van der Waals surface area contributed by atoms with Crippen molar-refractivity contribution in [2.24, 2.45) is 5.84 Å². The third-order valence-corrected chi connectivity index (χ3v) is 3.61. The standard InChI is InChI=1S/C13H22N4O3/c1-10-12(13(19)15-14)8-11(20-10)9-17-4-2-16(3-5-17)6-7-18/h8,18H,2-7,9,14H2,1H3,(H,15,19). The van der Waals surface area contributed by atoms with Gasteiger partial charge in [0.2, 0.25) is 0 Å². The highest BCUT2D eigenvalue weighted by atomic mass is 16.3. The lowest BCUT2D eigenvalue weighted by atomic mass is 10.2. The number of nitrogen functional groups attached to an aromatic ring is 1. The molecule has 20 heavy (non-hydrogen) atoms. The number of carbonyl (C=O) groups excluding carboxylic acids is 1. The van der Waals surface area contributed by atoms with Crippen molar-refractivity contribution >= 4 is 5.91 Å². The Morgan fingerprint density at radius 2 is 2.05 bits per heavy atom. The van der Waals surface area contributed by atoms with E-state index in [9.17, 15) is 4.79 Å². The highest BCUT2D eigenvalue weighted by molar-refractivity contribution is 5.94. The molecule has 0 aliphatic carbocycles. The fraction of sp³-hybridized carbons (Fsp3) is 0.615. The summed E-state index contributed by atoms with van der Waals surface area (Å²) in [4.78, 5) is 16.0. The number of carbonyl (C=O) groups is 1. The number of furan rings is 1. The van der Waals surface area contributed by atoms with Crippen LogP contribution in [0.1, 0.15) is 21.9 Å². The van der Waals surface area contributed by atoms with E-state index in [0.29, 0.717) is 17.9 Å². The molecule has 0 spiro atoms. The zero-order valence-corrected chi connectivity index (χ0v) is 11.8. The smallest absolute Gasteiger partial charge is 0.268 e. The van der Waals surface area contributed by atoms with Crippen LogP contribution in [-0.2, 0) is 6.54 Å². The van der Waals surface area contributed by atoms with Gasteiger partial charge in [-0.1, -0.05) is 0 Å². The summed E-state index contributed by atoms with van der Waals surface area (Å²) in [5.41, 5.74) is 2.60. The van der Waals surface area contributed by atoms with Crippen molar-refractivity contribution in [1.29, 1.82) is 0 Å². The predicted molar refractivity (Wildman–Crippen MR) is 73.9 cm³/mol. The van der Waals surface area contributed by atoms with Crippen molar-refractivity contribution in [2.75, 3.05) is 39.3 Å². The first-order valence-corrected chi connectivity index (χ1v) is 6.80. The highest BCUT2D eigenvalue weighted by Crippen LogP contribution is 2.17. The molecular formula is C13H22N4O3. The number of hydrogen-bond acceptors (Lipinski definition) is 6. The second-order valence-corrected chi connectivity index (χ2v) is 5.00. The molecule has 1 saturated heterocycles. The molecular weight excluding hydrogens is 260 g/mol. The second kappa shape index (κ2) is 6.85. The Morgan fingerprint density at radius 1 is 1.40 bits per heavy atom. The Labute approximate surface area is 118 Å². The fourth-order valence-electron chi connectivity index (χ4n) is 2.46. The van der Waals surface area contributed by atoms with Crippen LogP contribution in [0.2, 0.25) is 0 Å².